The number of rotatable bonds is 2. The van der Waals surface area contributed by atoms with Crippen LogP contribution in [0.25, 0.3) is 0 Å². The second-order valence-corrected chi connectivity index (χ2v) is 4.14. The van der Waals surface area contributed by atoms with Crippen LogP contribution in [0.3, 0.4) is 0 Å². The maximum atomic E-state index is 11.1. The lowest BCUT2D eigenvalue weighted by molar-refractivity contribution is -0.116. The summed E-state index contributed by atoms with van der Waals surface area (Å²) >= 11 is 0. The molecule has 2 aliphatic rings. The summed E-state index contributed by atoms with van der Waals surface area (Å²) in [6, 6.07) is -0.543. The molecule has 2 aliphatic heterocycles. The number of likely N-dealkylation sites (tertiary alicyclic amines) is 1. The molecule has 0 radical (unpaired) electrons. The Kier molecular flexibility index (Phi) is 3.41. The number of carbonyl (C=O) groups excluding carboxylic acids is 1. The van der Waals surface area contributed by atoms with Gasteiger partial charge in [0.25, 0.3) is 5.91 Å². The van der Waals surface area contributed by atoms with E-state index >= 15 is 0 Å². The van der Waals surface area contributed by atoms with Crippen molar-refractivity contribution in [3.63, 3.8) is 0 Å². The van der Waals surface area contributed by atoms with Crippen molar-refractivity contribution in [2.45, 2.75) is 25.7 Å². The normalized spacial score (nSPS) is 22.2. The number of amides is 1. The smallest absolute Gasteiger partial charge is 0.317 e. The molecule has 0 aliphatic carbocycles. The maximum Gasteiger partial charge on any atom is 0.317 e. The molecule has 1 fully saturated rings. The molecule has 6 nitrogen and oxygen atoms in total. The quantitative estimate of drug-likeness (QED) is 0.705. The Morgan fingerprint density at radius 3 is 2.59 bits per heavy atom. The molecule has 0 spiro atoms. The second kappa shape index (κ2) is 4.99. The van der Waals surface area contributed by atoms with Gasteiger partial charge in [-0.1, -0.05) is 0 Å². The van der Waals surface area contributed by atoms with Gasteiger partial charge in [0.2, 0.25) is 0 Å². The first-order valence-corrected chi connectivity index (χ1v) is 5.69. The fourth-order valence-corrected chi connectivity index (χ4v) is 1.95. The van der Waals surface area contributed by atoms with Crippen LogP contribution in [0.1, 0.15) is 25.7 Å². The zero-order valence-corrected chi connectivity index (χ0v) is 9.46. The van der Waals surface area contributed by atoms with Crippen LogP contribution in [-0.2, 0) is 4.79 Å². The van der Waals surface area contributed by atoms with Crippen LogP contribution in [0.15, 0.2) is 21.9 Å². The van der Waals surface area contributed by atoms with Crippen molar-refractivity contribution < 1.29 is 15.0 Å². The number of amidine groups is 1. The Hall–Kier alpha value is -1.85. The molecule has 0 atom stereocenters. The molecular formula is C11H15N3O3. The SMILES string of the molecule is O=C1CC(/C=C(\O)N2CCCCC2)=NC(O)=N1. The van der Waals surface area contributed by atoms with E-state index in [0.717, 1.165) is 25.9 Å². The van der Waals surface area contributed by atoms with E-state index in [1.54, 1.807) is 0 Å². The fourth-order valence-electron chi connectivity index (χ4n) is 1.95. The fraction of sp³-hybridized carbons (Fsp3) is 0.545. The lowest BCUT2D eigenvalue weighted by Gasteiger charge is -2.27. The lowest BCUT2D eigenvalue weighted by Crippen LogP contribution is -2.29. The van der Waals surface area contributed by atoms with Gasteiger partial charge in [0.05, 0.1) is 12.1 Å². The number of nitrogens with zero attached hydrogens (tertiary/aromatic N) is 3. The molecule has 2 rings (SSSR count). The topological polar surface area (TPSA) is 85.5 Å². The molecule has 17 heavy (non-hydrogen) atoms. The van der Waals surface area contributed by atoms with Crippen molar-refractivity contribution in [1.29, 1.82) is 0 Å². The number of aliphatic hydroxyl groups is 2. The van der Waals surface area contributed by atoms with E-state index < -0.39 is 11.9 Å². The standard InChI is InChI=1S/C11H15N3O3/c15-9-6-8(12-11(17)13-9)7-10(16)14-4-2-1-3-5-14/h7,16H,1-6H2,(H,13,15,17)/b10-7-. The molecule has 92 valence electrons. The van der Waals surface area contributed by atoms with E-state index in [1.807, 2.05) is 4.90 Å². The van der Waals surface area contributed by atoms with Crippen LogP contribution in [0, 0.1) is 0 Å². The lowest BCUT2D eigenvalue weighted by atomic mass is 10.1. The molecule has 0 aromatic heterocycles. The highest BCUT2D eigenvalue weighted by Crippen LogP contribution is 2.13. The first kappa shape index (κ1) is 11.6. The zero-order chi connectivity index (χ0) is 12.3. The average Bonchev–Trinajstić information content (AvgIpc) is 2.28. The molecule has 0 unspecified atom stereocenters. The maximum absolute atomic E-state index is 11.1. The van der Waals surface area contributed by atoms with Crippen LogP contribution < -0.4 is 0 Å². The largest absolute Gasteiger partial charge is 0.495 e. The molecule has 0 aromatic rings. The first-order chi connectivity index (χ1) is 8.15. The molecular weight excluding hydrogens is 222 g/mol. The van der Waals surface area contributed by atoms with Crippen molar-refractivity contribution in [3.05, 3.63) is 12.0 Å². The highest BCUT2D eigenvalue weighted by molar-refractivity contribution is 6.15. The van der Waals surface area contributed by atoms with E-state index in [4.69, 9.17) is 5.11 Å². The Labute approximate surface area is 99.0 Å². The van der Waals surface area contributed by atoms with Crippen molar-refractivity contribution >= 4 is 17.6 Å². The van der Waals surface area contributed by atoms with E-state index in [0.29, 0.717) is 5.71 Å². The van der Waals surface area contributed by atoms with Crippen LogP contribution in [0.4, 0.5) is 0 Å². The Morgan fingerprint density at radius 2 is 1.94 bits per heavy atom. The average molecular weight is 237 g/mol. The summed E-state index contributed by atoms with van der Waals surface area (Å²) in [6.07, 6.45) is 4.72. The number of aliphatic hydroxyl groups excluding tert-OH is 2. The van der Waals surface area contributed by atoms with Gasteiger partial charge in [0, 0.05) is 19.2 Å². The third-order valence-electron chi connectivity index (χ3n) is 2.78. The van der Waals surface area contributed by atoms with Gasteiger partial charge in [0.15, 0.2) is 5.88 Å². The molecule has 2 heterocycles. The predicted molar refractivity (Wildman–Crippen MR) is 63.3 cm³/mol. The first-order valence-electron chi connectivity index (χ1n) is 5.69. The number of aliphatic imine (C=N–C) groups is 2. The van der Waals surface area contributed by atoms with Gasteiger partial charge in [-0.05, 0) is 19.3 Å². The summed E-state index contributed by atoms with van der Waals surface area (Å²) in [5.74, 6) is -0.346. The molecule has 1 amide bonds. The van der Waals surface area contributed by atoms with Crippen molar-refractivity contribution in [2.24, 2.45) is 9.98 Å². The van der Waals surface area contributed by atoms with Crippen LogP contribution >= 0.6 is 0 Å². The number of piperidine rings is 1. The van der Waals surface area contributed by atoms with E-state index in [9.17, 15) is 9.90 Å². The second-order valence-electron chi connectivity index (χ2n) is 4.14. The Morgan fingerprint density at radius 1 is 1.24 bits per heavy atom. The number of hydrogen-bond donors (Lipinski definition) is 2. The van der Waals surface area contributed by atoms with Gasteiger partial charge in [-0.2, -0.15) is 9.98 Å². The minimum absolute atomic E-state index is 0.0158. The van der Waals surface area contributed by atoms with Crippen molar-refractivity contribution in [3.8, 4) is 0 Å². The van der Waals surface area contributed by atoms with Crippen LogP contribution in [0.2, 0.25) is 0 Å². The Balaban J connectivity index is 2.07. The van der Waals surface area contributed by atoms with Gasteiger partial charge in [-0.15, -0.1) is 0 Å². The number of carbonyl (C=O) groups is 1. The summed E-state index contributed by atoms with van der Waals surface area (Å²) in [5, 5.41) is 19.0. The van der Waals surface area contributed by atoms with Gasteiger partial charge >= 0.3 is 6.02 Å². The van der Waals surface area contributed by atoms with Crippen molar-refractivity contribution in [1.82, 2.24) is 4.90 Å². The third-order valence-corrected chi connectivity index (χ3v) is 2.78. The molecule has 0 aromatic carbocycles. The summed E-state index contributed by atoms with van der Waals surface area (Å²) in [4.78, 5) is 19.9. The molecule has 0 bridgehead atoms. The third kappa shape index (κ3) is 3.05. The van der Waals surface area contributed by atoms with E-state index in [-0.39, 0.29) is 12.3 Å². The minimum Gasteiger partial charge on any atom is -0.495 e. The highest BCUT2D eigenvalue weighted by Gasteiger charge is 2.17. The molecule has 2 N–H and O–H groups in total. The number of hydrogen-bond acceptors (Lipinski definition) is 4. The monoisotopic (exact) mass is 237 g/mol. The summed E-state index contributed by atoms with van der Waals surface area (Å²) < 4.78 is 0. The van der Waals surface area contributed by atoms with Gasteiger partial charge in [-0.25, -0.2) is 0 Å². The van der Waals surface area contributed by atoms with E-state index in [2.05, 4.69) is 9.98 Å². The van der Waals surface area contributed by atoms with Gasteiger partial charge in [-0.3, -0.25) is 4.79 Å². The summed E-state index contributed by atoms with van der Waals surface area (Å²) in [6.45, 7) is 1.62. The predicted octanol–water partition coefficient (Wildman–Crippen LogP) is 1.16. The van der Waals surface area contributed by atoms with Gasteiger partial charge < -0.3 is 15.1 Å². The number of allylic oxidation sites excluding steroid dienone is 1. The minimum atomic E-state index is -0.543. The summed E-state index contributed by atoms with van der Waals surface area (Å²) in [7, 11) is 0. The Bertz CT molecular complexity index is 406. The molecule has 6 heteroatoms. The van der Waals surface area contributed by atoms with Gasteiger partial charge in [0.1, 0.15) is 0 Å². The molecule has 0 saturated carbocycles. The summed E-state index contributed by atoms with van der Waals surface area (Å²) in [5.41, 5.74) is 0.338. The molecule has 1 saturated heterocycles. The van der Waals surface area contributed by atoms with E-state index in [1.165, 1.54) is 12.5 Å². The van der Waals surface area contributed by atoms with Crippen LogP contribution in [-0.4, -0.2) is 45.8 Å². The van der Waals surface area contributed by atoms with Crippen LogP contribution in [0.5, 0.6) is 0 Å². The van der Waals surface area contributed by atoms with Crippen molar-refractivity contribution in [2.75, 3.05) is 13.1 Å². The zero-order valence-electron chi connectivity index (χ0n) is 9.46. The highest BCUT2D eigenvalue weighted by atomic mass is 16.3.